The molecular weight excluding hydrogens is 240 g/mol. The summed E-state index contributed by atoms with van der Waals surface area (Å²) in [6.07, 6.45) is 1.16. The molecule has 1 fully saturated rings. The zero-order valence-electron chi connectivity index (χ0n) is 10.1. The predicted octanol–water partition coefficient (Wildman–Crippen LogP) is 1.25. The molecule has 0 aromatic rings. The van der Waals surface area contributed by atoms with Crippen molar-refractivity contribution in [3.8, 4) is 0 Å². The Morgan fingerprint density at radius 2 is 2.29 bits per heavy atom. The van der Waals surface area contributed by atoms with E-state index < -0.39 is 5.97 Å². The lowest BCUT2D eigenvalue weighted by Crippen LogP contribution is -2.42. The van der Waals surface area contributed by atoms with E-state index in [0.717, 1.165) is 12.2 Å². The van der Waals surface area contributed by atoms with E-state index in [9.17, 15) is 9.59 Å². The molecule has 17 heavy (non-hydrogen) atoms. The van der Waals surface area contributed by atoms with Crippen LogP contribution in [0.5, 0.6) is 0 Å². The van der Waals surface area contributed by atoms with Crippen molar-refractivity contribution in [1.82, 2.24) is 10.2 Å². The Labute approximate surface area is 106 Å². The summed E-state index contributed by atoms with van der Waals surface area (Å²) in [5, 5.41) is 11.5. The monoisotopic (exact) mass is 260 g/mol. The van der Waals surface area contributed by atoms with Gasteiger partial charge in [0.1, 0.15) is 0 Å². The summed E-state index contributed by atoms with van der Waals surface area (Å²) in [6, 6.07) is -0.148. The van der Waals surface area contributed by atoms with Crippen molar-refractivity contribution in [3.05, 3.63) is 0 Å². The van der Waals surface area contributed by atoms with Crippen molar-refractivity contribution in [2.24, 2.45) is 5.92 Å². The normalized spacial score (nSPS) is 19.0. The number of rotatable bonds is 6. The van der Waals surface area contributed by atoms with Crippen molar-refractivity contribution in [2.75, 3.05) is 31.1 Å². The molecule has 0 saturated carbocycles. The van der Waals surface area contributed by atoms with Crippen LogP contribution in [0.4, 0.5) is 4.79 Å². The van der Waals surface area contributed by atoms with Crippen LogP contribution in [0, 0.1) is 5.92 Å². The standard InChI is InChI=1S/C11H20N2O3S/c1-2-13(5-3-10(14)15)11(16)12-7-9-4-6-17-8-9/h9H,2-8H2,1H3,(H,12,16)(H,14,15). The molecule has 1 rings (SSSR count). The average molecular weight is 260 g/mol. The van der Waals surface area contributed by atoms with E-state index in [1.54, 1.807) is 0 Å². The molecule has 98 valence electrons. The van der Waals surface area contributed by atoms with Gasteiger partial charge >= 0.3 is 12.0 Å². The number of hydrogen-bond acceptors (Lipinski definition) is 3. The molecule has 5 nitrogen and oxygen atoms in total. The Bertz CT molecular complexity index is 267. The van der Waals surface area contributed by atoms with Gasteiger partial charge in [-0.1, -0.05) is 0 Å². The van der Waals surface area contributed by atoms with E-state index in [2.05, 4.69) is 5.32 Å². The third-order valence-corrected chi connectivity index (χ3v) is 4.06. The van der Waals surface area contributed by atoms with E-state index in [0.29, 0.717) is 19.0 Å². The van der Waals surface area contributed by atoms with Gasteiger partial charge in [0, 0.05) is 19.6 Å². The van der Waals surface area contributed by atoms with Crippen LogP contribution in [-0.2, 0) is 4.79 Å². The number of carbonyl (C=O) groups excluding carboxylic acids is 1. The minimum absolute atomic E-state index is 0.000536. The van der Waals surface area contributed by atoms with Gasteiger partial charge in [0.25, 0.3) is 0 Å². The van der Waals surface area contributed by atoms with Gasteiger partial charge in [-0.25, -0.2) is 4.79 Å². The zero-order valence-corrected chi connectivity index (χ0v) is 11.0. The van der Waals surface area contributed by atoms with Gasteiger partial charge in [-0.05, 0) is 30.8 Å². The van der Waals surface area contributed by atoms with Crippen molar-refractivity contribution in [1.29, 1.82) is 0 Å². The Morgan fingerprint density at radius 3 is 2.82 bits per heavy atom. The molecule has 0 aromatic heterocycles. The number of urea groups is 1. The SMILES string of the molecule is CCN(CCC(=O)O)C(=O)NCC1CCSC1. The highest BCUT2D eigenvalue weighted by molar-refractivity contribution is 7.99. The summed E-state index contributed by atoms with van der Waals surface area (Å²) in [6.45, 7) is 3.37. The second-order valence-corrected chi connectivity index (χ2v) is 5.29. The van der Waals surface area contributed by atoms with Crippen LogP contribution in [0.2, 0.25) is 0 Å². The fourth-order valence-corrected chi connectivity index (χ4v) is 3.01. The average Bonchev–Trinajstić information content (AvgIpc) is 2.79. The number of hydrogen-bond donors (Lipinski definition) is 2. The summed E-state index contributed by atoms with van der Waals surface area (Å²) in [5.41, 5.74) is 0. The Balaban J connectivity index is 2.24. The molecule has 0 aliphatic carbocycles. The number of aliphatic carboxylic acids is 1. The van der Waals surface area contributed by atoms with E-state index in [4.69, 9.17) is 5.11 Å². The Kier molecular flexibility index (Phi) is 6.18. The number of carboxylic acids is 1. The first-order chi connectivity index (χ1) is 8.13. The summed E-state index contributed by atoms with van der Waals surface area (Å²) in [5.74, 6) is 1.99. The quantitative estimate of drug-likeness (QED) is 0.754. The molecule has 1 atom stereocenters. The van der Waals surface area contributed by atoms with E-state index >= 15 is 0 Å². The zero-order chi connectivity index (χ0) is 12.7. The van der Waals surface area contributed by atoms with Gasteiger partial charge in [-0.2, -0.15) is 11.8 Å². The molecule has 6 heteroatoms. The van der Waals surface area contributed by atoms with Gasteiger partial charge in [0.2, 0.25) is 0 Å². The number of amides is 2. The lowest BCUT2D eigenvalue weighted by Gasteiger charge is -2.21. The smallest absolute Gasteiger partial charge is 0.317 e. The Morgan fingerprint density at radius 1 is 1.53 bits per heavy atom. The molecule has 0 spiro atoms. The summed E-state index contributed by atoms with van der Waals surface area (Å²) < 4.78 is 0. The maximum Gasteiger partial charge on any atom is 0.317 e. The molecule has 2 amide bonds. The minimum Gasteiger partial charge on any atom is -0.481 e. The number of carbonyl (C=O) groups is 2. The molecule has 0 radical (unpaired) electrons. The maximum atomic E-state index is 11.8. The summed E-state index contributed by atoms with van der Waals surface area (Å²) >= 11 is 1.92. The largest absolute Gasteiger partial charge is 0.481 e. The van der Waals surface area contributed by atoms with Gasteiger partial charge in [0.05, 0.1) is 6.42 Å². The highest BCUT2D eigenvalue weighted by Crippen LogP contribution is 2.22. The number of thioether (sulfide) groups is 1. The van der Waals surface area contributed by atoms with Crippen molar-refractivity contribution in [3.63, 3.8) is 0 Å². The summed E-state index contributed by atoms with van der Waals surface area (Å²) in [7, 11) is 0. The molecule has 1 aliphatic rings. The Hall–Kier alpha value is -0.910. The number of nitrogens with one attached hydrogen (secondary N) is 1. The lowest BCUT2D eigenvalue weighted by atomic mass is 10.1. The van der Waals surface area contributed by atoms with Crippen LogP contribution in [0.1, 0.15) is 19.8 Å². The van der Waals surface area contributed by atoms with E-state index in [1.165, 1.54) is 10.7 Å². The lowest BCUT2D eigenvalue weighted by molar-refractivity contribution is -0.137. The van der Waals surface area contributed by atoms with Crippen LogP contribution < -0.4 is 5.32 Å². The maximum absolute atomic E-state index is 11.8. The fraction of sp³-hybridized carbons (Fsp3) is 0.818. The van der Waals surface area contributed by atoms with Crippen molar-refractivity contribution >= 4 is 23.8 Å². The van der Waals surface area contributed by atoms with Gasteiger partial charge in [0.15, 0.2) is 0 Å². The van der Waals surface area contributed by atoms with Crippen LogP contribution in [0.25, 0.3) is 0 Å². The molecule has 1 aliphatic heterocycles. The van der Waals surface area contributed by atoms with Crippen LogP contribution in [-0.4, -0.2) is 53.1 Å². The highest BCUT2D eigenvalue weighted by Gasteiger charge is 2.18. The van der Waals surface area contributed by atoms with Crippen LogP contribution in [0.15, 0.2) is 0 Å². The number of carboxylic acid groups (broad SMARTS) is 1. The molecule has 1 saturated heterocycles. The van der Waals surface area contributed by atoms with Gasteiger partial charge in [-0.3, -0.25) is 4.79 Å². The van der Waals surface area contributed by atoms with Crippen LogP contribution in [0.3, 0.4) is 0 Å². The predicted molar refractivity (Wildman–Crippen MR) is 68.3 cm³/mol. The summed E-state index contributed by atoms with van der Waals surface area (Å²) in [4.78, 5) is 23.7. The first-order valence-corrected chi connectivity index (χ1v) is 7.11. The highest BCUT2D eigenvalue weighted by atomic mass is 32.2. The topological polar surface area (TPSA) is 69.6 Å². The fourth-order valence-electron chi connectivity index (χ4n) is 1.72. The first-order valence-electron chi connectivity index (χ1n) is 5.95. The molecular formula is C11H20N2O3S. The van der Waals surface area contributed by atoms with Gasteiger partial charge < -0.3 is 15.3 Å². The number of nitrogens with zero attached hydrogens (tertiary/aromatic N) is 1. The van der Waals surface area contributed by atoms with Crippen molar-refractivity contribution < 1.29 is 14.7 Å². The third kappa shape index (κ3) is 5.30. The second-order valence-electron chi connectivity index (χ2n) is 4.14. The second kappa shape index (κ2) is 7.42. The van der Waals surface area contributed by atoms with E-state index in [-0.39, 0.29) is 19.0 Å². The van der Waals surface area contributed by atoms with E-state index in [1.807, 2.05) is 18.7 Å². The molecule has 1 unspecified atom stereocenters. The van der Waals surface area contributed by atoms with Crippen LogP contribution >= 0.6 is 11.8 Å². The first kappa shape index (κ1) is 14.2. The third-order valence-electron chi connectivity index (χ3n) is 2.83. The molecule has 0 aromatic carbocycles. The van der Waals surface area contributed by atoms with Gasteiger partial charge in [-0.15, -0.1) is 0 Å². The minimum atomic E-state index is -0.872. The molecule has 0 bridgehead atoms. The molecule has 1 heterocycles. The molecule has 2 N–H and O–H groups in total. The van der Waals surface area contributed by atoms with Crippen molar-refractivity contribution in [2.45, 2.75) is 19.8 Å².